The van der Waals surface area contributed by atoms with Gasteiger partial charge in [-0.2, -0.15) is 0 Å². The lowest BCUT2D eigenvalue weighted by Gasteiger charge is -2.26. The van der Waals surface area contributed by atoms with E-state index in [-0.39, 0.29) is 38.6 Å². The molecule has 12 nitrogen and oxygen atoms in total. The molecule has 14 heteroatoms. The van der Waals surface area contributed by atoms with E-state index in [2.05, 4.69) is 21.2 Å². The molecule has 1 fully saturated rings. The Labute approximate surface area is 233 Å². The Bertz CT molecular complexity index is 1590. The molecule has 0 unspecified atom stereocenters. The Balaban J connectivity index is 1.58. The van der Waals surface area contributed by atoms with Crippen LogP contribution in [0.1, 0.15) is 5.56 Å². The number of nitrogens with one attached hydrogen (secondary N) is 2. The Morgan fingerprint density at radius 2 is 1.90 bits per heavy atom. The van der Waals surface area contributed by atoms with E-state index in [1.54, 1.807) is 6.07 Å². The zero-order valence-electron chi connectivity index (χ0n) is 20.5. The van der Waals surface area contributed by atoms with Crippen LogP contribution in [0.3, 0.4) is 0 Å². The van der Waals surface area contributed by atoms with Gasteiger partial charge < -0.3 is 14.8 Å². The van der Waals surface area contributed by atoms with Crippen molar-refractivity contribution < 1.29 is 38.0 Å². The van der Waals surface area contributed by atoms with Gasteiger partial charge in [0.1, 0.15) is 11.4 Å². The van der Waals surface area contributed by atoms with Crippen LogP contribution >= 0.6 is 15.9 Å². The summed E-state index contributed by atoms with van der Waals surface area (Å²) in [4.78, 5) is 61.4. The number of benzene rings is 3. The largest absolute Gasteiger partial charge is 0.493 e. The van der Waals surface area contributed by atoms with Gasteiger partial charge in [0, 0.05) is 12.1 Å². The first-order valence-electron chi connectivity index (χ1n) is 11.3. The molecule has 3 aromatic carbocycles. The van der Waals surface area contributed by atoms with Crippen LogP contribution in [0.4, 0.5) is 26.2 Å². The van der Waals surface area contributed by atoms with Crippen LogP contribution in [0, 0.1) is 15.9 Å². The van der Waals surface area contributed by atoms with Crippen LogP contribution in [-0.4, -0.2) is 42.4 Å². The number of anilines is 2. The van der Waals surface area contributed by atoms with Crippen molar-refractivity contribution in [2.75, 3.05) is 23.9 Å². The minimum Gasteiger partial charge on any atom is -0.493 e. The van der Waals surface area contributed by atoms with Crippen molar-refractivity contribution in [2.24, 2.45) is 0 Å². The Morgan fingerprint density at radius 1 is 1.15 bits per heavy atom. The van der Waals surface area contributed by atoms with Crippen molar-refractivity contribution in [1.82, 2.24) is 5.32 Å². The number of rotatable bonds is 8. The van der Waals surface area contributed by atoms with Crippen molar-refractivity contribution in [3.8, 4) is 11.5 Å². The molecule has 2 N–H and O–H groups in total. The standard InChI is InChI=1S/C26H18BrFN4O8/c1-39-21-11-14(10-18(27)23(21)40-13-22(33)29-20-8-3-2-7-19(20)28)9-17-24(34)30-26(36)31(25(17)35)15-5-4-6-16(12-15)32(37)38/h2-12H,13H2,1H3,(H,29,33)(H,30,34,36)/b17-9-. The molecule has 0 atom stereocenters. The molecule has 1 aliphatic rings. The Hall–Kier alpha value is -5.11. The smallest absolute Gasteiger partial charge is 0.335 e. The molecule has 0 spiro atoms. The normalized spacial score (nSPS) is 14.1. The number of ether oxygens (including phenoxy) is 2. The highest BCUT2D eigenvalue weighted by molar-refractivity contribution is 9.10. The first-order valence-corrected chi connectivity index (χ1v) is 12.1. The zero-order valence-corrected chi connectivity index (χ0v) is 22.1. The molecule has 5 amide bonds. The number of carbonyl (C=O) groups is 4. The molecule has 0 saturated carbocycles. The molecule has 3 aromatic rings. The van der Waals surface area contributed by atoms with Gasteiger partial charge in [-0.05, 0) is 57.9 Å². The zero-order chi connectivity index (χ0) is 29.0. The fourth-order valence-corrected chi connectivity index (χ4v) is 4.23. The number of methoxy groups -OCH3 is 1. The number of nitro benzene ring substituents is 1. The lowest BCUT2D eigenvalue weighted by molar-refractivity contribution is -0.384. The second kappa shape index (κ2) is 11.7. The van der Waals surface area contributed by atoms with E-state index in [9.17, 15) is 33.7 Å². The predicted molar refractivity (Wildman–Crippen MR) is 143 cm³/mol. The van der Waals surface area contributed by atoms with E-state index in [0.717, 1.165) is 6.07 Å². The number of non-ortho nitro benzene ring substituents is 1. The summed E-state index contributed by atoms with van der Waals surface area (Å²) in [6, 6.07) is 12.3. The Kier molecular flexibility index (Phi) is 8.19. The minimum atomic E-state index is -1.07. The third-order valence-electron chi connectivity index (χ3n) is 5.46. The van der Waals surface area contributed by atoms with Gasteiger partial charge in [-0.1, -0.05) is 18.2 Å². The van der Waals surface area contributed by atoms with Crippen molar-refractivity contribution >= 4 is 62.8 Å². The maximum absolute atomic E-state index is 13.8. The monoisotopic (exact) mass is 612 g/mol. The first kappa shape index (κ1) is 27.9. The number of hydrogen-bond donors (Lipinski definition) is 2. The molecule has 1 saturated heterocycles. The number of urea groups is 1. The average Bonchev–Trinajstić information content (AvgIpc) is 2.91. The van der Waals surface area contributed by atoms with Gasteiger partial charge >= 0.3 is 6.03 Å². The van der Waals surface area contributed by atoms with E-state index < -0.39 is 46.7 Å². The Morgan fingerprint density at radius 3 is 2.60 bits per heavy atom. The number of amides is 5. The quantitative estimate of drug-likeness (QED) is 0.166. The molecule has 40 heavy (non-hydrogen) atoms. The van der Waals surface area contributed by atoms with Crippen molar-refractivity contribution in [2.45, 2.75) is 0 Å². The summed E-state index contributed by atoms with van der Waals surface area (Å²) < 4.78 is 25.0. The van der Waals surface area contributed by atoms with E-state index >= 15 is 0 Å². The van der Waals surface area contributed by atoms with E-state index in [1.165, 1.54) is 61.7 Å². The van der Waals surface area contributed by atoms with Gasteiger partial charge in [0.2, 0.25) is 0 Å². The summed E-state index contributed by atoms with van der Waals surface area (Å²) >= 11 is 3.30. The lowest BCUT2D eigenvalue weighted by Crippen LogP contribution is -2.54. The summed E-state index contributed by atoms with van der Waals surface area (Å²) in [7, 11) is 1.33. The number of imide groups is 2. The lowest BCUT2D eigenvalue weighted by atomic mass is 10.1. The molecule has 0 bridgehead atoms. The molecule has 1 aliphatic heterocycles. The molecule has 204 valence electrons. The van der Waals surface area contributed by atoms with Gasteiger partial charge in [0.25, 0.3) is 23.4 Å². The number of nitrogens with zero attached hydrogens (tertiary/aromatic N) is 2. The highest BCUT2D eigenvalue weighted by atomic mass is 79.9. The van der Waals surface area contributed by atoms with E-state index in [4.69, 9.17) is 9.47 Å². The SMILES string of the molecule is COc1cc(/C=C2/C(=O)NC(=O)N(c3cccc([N+](=O)[O-])c3)C2=O)cc(Br)c1OCC(=O)Nc1ccccc1F. The number of carbonyl (C=O) groups excluding carboxylic acids is 4. The minimum absolute atomic E-state index is 0.0165. The second-order valence-corrected chi connectivity index (χ2v) is 8.94. The van der Waals surface area contributed by atoms with Crippen molar-refractivity contribution in [3.63, 3.8) is 0 Å². The molecule has 0 radical (unpaired) electrons. The van der Waals surface area contributed by atoms with Gasteiger partial charge in [-0.15, -0.1) is 0 Å². The van der Waals surface area contributed by atoms with Crippen molar-refractivity contribution in [3.05, 3.63) is 92.2 Å². The number of barbiturate groups is 1. The van der Waals surface area contributed by atoms with E-state index in [1.807, 2.05) is 5.32 Å². The second-order valence-electron chi connectivity index (χ2n) is 8.09. The highest BCUT2D eigenvalue weighted by Gasteiger charge is 2.37. The fourth-order valence-electron chi connectivity index (χ4n) is 3.65. The van der Waals surface area contributed by atoms with Crippen LogP contribution in [0.2, 0.25) is 0 Å². The number of hydrogen-bond acceptors (Lipinski definition) is 8. The fraction of sp³-hybridized carbons (Fsp3) is 0.0769. The first-order chi connectivity index (χ1) is 19.1. The summed E-state index contributed by atoms with van der Waals surface area (Å²) in [6.07, 6.45) is 1.19. The summed E-state index contributed by atoms with van der Waals surface area (Å²) in [6.45, 7) is -0.495. The van der Waals surface area contributed by atoms with Gasteiger partial charge in [-0.3, -0.25) is 29.8 Å². The summed E-state index contributed by atoms with van der Waals surface area (Å²) in [5, 5.41) is 15.6. The maximum atomic E-state index is 13.8. The molecule has 1 heterocycles. The van der Waals surface area contributed by atoms with Crippen LogP contribution in [-0.2, 0) is 14.4 Å². The maximum Gasteiger partial charge on any atom is 0.335 e. The number of nitro groups is 1. The highest BCUT2D eigenvalue weighted by Crippen LogP contribution is 2.37. The van der Waals surface area contributed by atoms with Crippen LogP contribution in [0.25, 0.3) is 6.08 Å². The third kappa shape index (κ3) is 5.96. The number of para-hydroxylation sites is 1. The average molecular weight is 613 g/mol. The molecular weight excluding hydrogens is 595 g/mol. The third-order valence-corrected chi connectivity index (χ3v) is 6.05. The van der Waals surface area contributed by atoms with Crippen LogP contribution in [0.5, 0.6) is 11.5 Å². The van der Waals surface area contributed by atoms with Crippen LogP contribution < -0.4 is 25.0 Å². The van der Waals surface area contributed by atoms with Gasteiger partial charge in [-0.25, -0.2) is 14.1 Å². The van der Waals surface area contributed by atoms with Crippen LogP contribution in [0.15, 0.2) is 70.7 Å². The predicted octanol–water partition coefficient (Wildman–Crippen LogP) is 4.19. The van der Waals surface area contributed by atoms with Crippen molar-refractivity contribution in [1.29, 1.82) is 0 Å². The molecule has 0 aliphatic carbocycles. The molecular formula is C26H18BrFN4O8. The topological polar surface area (TPSA) is 157 Å². The molecule has 0 aromatic heterocycles. The van der Waals surface area contributed by atoms with E-state index in [0.29, 0.717) is 4.90 Å². The number of halogens is 2. The van der Waals surface area contributed by atoms with Gasteiger partial charge in [0.05, 0.1) is 27.9 Å². The summed E-state index contributed by atoms with van der Waals surface area (Å²) in [5.74, 6) is -3.00. The molecule has 4 rings (SSSR count). The van der Waals surface area contributed by atoms with Gasteiger partial charge in [0.15, 0.2) is 18.1 Å². The summed E-state index contributed by atoms with van der Waals surface area (Å²) in [5.41, 5.74) is -0.632.